The van der Waals surface area contributed by atoms with Gasteiger partial charge >= 0.3 is 0 Å². The Morgan fingerprint density at radius 3 is 2.42 bits per heavy atom. The molecule has 0 aliphatic carbocycles. The molecule has 0 saturated heterocycles. The summed E-state index contributed by atoms with van der Waals surface area (Å²) in [6, 6.07) is 14.0. The van der Waals surface area contributed by atoms with Crippen molar-refractivity contribution in [2.75, 3.05) is 19.7 Å². The van der Waals surface area contributed by atoms with Crippen LogP contribution in [-0.2, 0) is 0 Å². The Kier molecular flexibility index (Phi) is 6.64. The molecule has 0 spiro atoms. The summed E-state index contributed by atoms with van der Waals surface area (Å²) in [5, 5.41) is 10.7. The second-order valence-electron chi connectivity index (χ2n) is 5.38. The summed E-state index contributed by atoms with van der Waals surface area (Å²) in [5.41, 5.74) is 1.33. The van der Waals surface area contributed by atoms with Crippen LogP contribution in [-0.4, -0.2) is 35.6 Å². The van der Waals surface area contributed by atoms with Crippen molar-refractivity contribution in [1.29, 1.82) is 0 Å². The first-order valence-corrected chi connectivity index (χ1v) is 8.38. The number of benzene rings is 2. The minimum Gasteiger partial charge on any atom is -0.491 e. The molecule has 0 heterocycles. The molecular formula is C19H22ClNO3. The zero-order valence-electron chi connectivity index (χ0n) is 13.9. The number of amides is 1. The number of halogens is 1. The smallest absolute Gasteiger partial charge is 0.253 e. The molecule has 0 saturated carbocycles. The molecule has 0 aromatic heterocycles. The van der Waals surface area contributed by atoms with E-state index in [0.29, 0.717) is 35.0 Å². The van der Waals surface area contributed by atoms with Crippen LogP contribution in [0.5, 0.6) is 5.75 Å². The van der Waals surface area contributed by atoms with Gasteiger partial charge in [0, 0.05) is 23.7 Å². The molecule has 1 atom stereocenters. The first-order valence-electron chi connectivity index (χ1n) is 8.00. The van der Waals surface area contributed by atoms with Crippen molar-refractivity contribution in [2.24, 2.45) is 0 Å². The fourth-order valence-electron chi connectivity index (χ4n) is 2.37. The number of aliphatic hydroxyl groups is 1. The van der Waals surface area contributed by atoms with E-state index in [4.69, 9.17) is 16.3 Å². The third-order valence-electron chi connectivity index (χ3n) is 3.79. The van der Waals surface area contributed by atoms with Crippen LogP contribution >= 0.6 is 11.6 Å². The highest BCUT2D eigenvalue weighted by Crippen LogP contribution is 2.20. The average molecular weight is 348 g/mol. The summed E-state index contributed by atoms with van der Waals surface area (Å²) in [6.45, 7) is 5.38. The zero-order chi connectivity index (χ0) is 17.5. The molecule has 2 rings (SSSR count). The van der Waals surface area contributed by atoms with Gasteiger partial charge in [-0.1, -0.05) is 23.7 Å². The van der Waals surface area contributed by atoms with Crippen molar-refractivity contribution in [3.8, 4) is 5.75 Å². The molecule has 0 radical (unpaired) electrons. The van der Waals surface area contributed by atoms with Gasteiger partial charge in [-0.3, -0.25) is 4.79 Å². The van der Waals surface area contributed by atoms with E-state index in [2.05, 4.69) is 0 Å². The lowest BCUT2D eigenvalue weighted by Crippen LogP contribution is -2.30. The van der Waals surface area contributed by atoms with Gasteiger partial charge in [-0.15, -0.1) is 0 Å². The topological polar surface area (TPSA) is 49.8 Å². The largest absolute Gasteiger partial charge is 0.491 e. The molecule has 5 heteroatoms. The predicted octanol–water partition coefficient (Wildman–Crippen LogP) is 3.93. The van der Waals surface area contributed by atoms with E-state index in [1.165, 1.54) is 0 Å². The second kappa shape index (κ2) is 8.71. The predicted molar refractivity (Wildman–Crippen MR) is 95.6 cm³/mol. The Morgan fingerprint density at radius 2 is 1.83 bits per heavy atom. The minimum absolute atomic E-state index is 0.00510. The number of hydrogen-bond donors (Lipinski definition) is 1. The van der Waals surface area contributed by atoms with Crippen LogP contribution in [0.15, 0.2) is 48.5 Å². The fraction of sp³-hybridized carbons (Fsp3) is 0.316. The molecule has 2 aromatic carbocycles. The van der Waals surface area contributed by atoms with E-state index >= 15 is 0 Å². The Bertz CT molecular complexity index is 669. The van der Waals surface area contributed by atoms with E-state index in [-0.39, 0.29) is 12.5 Å². The molecule has 0 aliphatic heterocycles. The van der Waals surface area contributed by atoms with E-state index in [1.54, 1.807) is 53.4 Å². The van der Waals surface area contributed by atoms with Crippen molar-refractivity contribution in [2.45, 2.75) is 20.0 Å². The Balaban J connectivity index is 1.95. The molecule has 0 bridgehead atoms. The van der Waals surface area contributed by atoms with Crippen LogP contribution < -0.4 is 4.74 Å². The third kappa shape index (κ3) is 4.73. The van der Waals surface area contributed by atoms with Gasteiger partial charge in [0.25, 0.3) is 5.91 Å². The van der Waals surface area contributed by atoms with Crippen molar-refractivity contribution in [1.82, 2.24) is 4.90 Å². The normalized spacial score (nSPS) is 11.8. The highest BCUT2D eigenvalue weighted by Gasteiger charge is 2.13. The molecule has 1 amide bonds. The van der Waals surface area contributed by atoms with Crippen LogP contribution in [0.3, 0.4) is 0 Å². The summed E-state index contributed by atoms with van der Waals surface area (Å²) in [5.74, 6) is 0.609. The van der Waals surface area contributed by atoms with Crippen molar-refractivity contribution in [3.05, 3.63) is 64.7 Å². The fourth-order valence-corrected chi connectivity index (χ4v) is 2.57. The van der Waals surface area contributed by atoms with E-state index in [0.717, 1.165) is 0 Å². The van der Waals surface area contributed by atoms with E-state index in [9.17, 15) is 9.90 Å². The number of carbonyl (C=O) groups is 1. The first kappa shape index (κ1) is 18.3. The standard InChI is InChI=1S/C19H22ClNO3/c1-3-21(4-2)19(23)14-8-10-17(11-9-14)24-13-18(22)15-6-5-7-16(20)12-15/h5-12,18,22H,3-4,13H2,1-2H3. The van der Waals surface area contributed by atoms with Gasteiger partial charge in [-0.05, 0) is 55.8 Å². The molecule has 128 valence electrons. The lowest BCUT2D eigenvalue weighted by atomic mass is 10.1. The summed E-state index contributed by atoms with van der Waals surface area (Å²) < 4.78 is 5.59. The molecule has 1 unspecified atom stereocenters. The lowest BCUT2D eigenvalue weighted by molar-refractivity contribution is 0.0772. The number of aliphatic hydroxyl groups excluding tert-OH is 1. The van der Waals surface area contributed by atoms with Gasteiger partial charge in [0.2, 0.25) is 0 Å². The number of carbonyl (C=O) groups excluding carboxylic acids is 1. The molecule has 0 aliphatic rings. The van der Waals surface area contributed by atoms with Crippen LogP contribution in [0.4, 0.5) is 0 Å². The molecule has 1 N–H and O–H groups in total. The number of nitrogens with zero attached hydrogens (tertiary/aromatic N) is 1. The molecular weight excluding hydrogens is 326 g/mol. The lowest BCUT2D eigenvalue weighted by Gasteiger charge is -2.18. The van der Waals surface area contributed by atoms with Gasteiger partial charge in [-0.2, -0.15) is 0 Å². The van der Waals surface area contributed by atoms with Gasteiger partial charge in [-0.25, -0.2) is 0 Å². The molecule has 4 nitrogen and oxygen atoms in total. The minimum atomic E-state index is -0.763. The number of rotatable bonds is 7. The molecule has 24 heavy (non-hydrogen) atoms. The summed E-state index contributed by atoms with van der Waals surface area (Å²) in [7, 11) is 0. The quantitative estimate of drug-likeness (QED) is 0.825. The monoisotopic (exact) mass is 347 g/mol. The van der Waals surface area contributed by atoms with E-state index in [1.807, 2.05) is 13.8 Å². The molecule has 0 fully saturated rings. The number of hydrogen-bond acceptors (Lipinski definition) is 3. The van der Waals surface area contributed by atoms with Crippen LogP contribution in [0.1, 0.15) is 35.9 Å². The molecule has 2 aromatic rings. The third-order valence-corrected chi connectivity index (χ3v) is 4.03. The summed E-state index contributed by atoms with van der Waals surface area (Å²) in [4.78, 5) is 14.0. The van der Waals surface area contributed by atoms with Crippen molar-refractivity contribution in [3.63, 3.8) is 0 Å². The highest BCUT2D eigenvalue weighted by molar-refractivity contribution is 6.30. The van der Waals surface area contributed by atoms with Crippen LogP contribution in [0.25, 0.3) is 0 Å². The average Bonchev–Trinajstić information content (AvgIpc) is 2.61. The van der Waals surface area contributed by atoms with Crippen molar-refractivity contribution < 1.29 is 14.6 Å². The van der Waals surface area contributed by atoms with Gasteiger partial charge < -0.3 is 14.7 Å². The highest BCUT2D eigenvalue weighted by atomic mass is 35.5. The maximum Gasteiger partial charge on any atom is 0.253 e. The summed E-state index contributed by atoms with van der Waals surface area (Å²) in [6.07, 6.45) is -0.763. The number of ether oxygens (including phenoxy) is 1. The Labute approximate surface area is 147 Å². The Morgan fingerprint density at radius 1 is 1.17 bits per heavy atom. The van der Waals surface area contributed by atoms with Crippen LogP contribution in [0.2, 0.25) is 5.02 Å². The Hall–Kier alpha value is -2.04. The summed E-state index contributed by atoms with van der Waals surface area (Å²) >= 11 is 5.91. The van der Waals surface area contributed by atoms with Crippen LogP contribution in [0, 0.1) is 0 Å². The van der Waals surface area contributed by atoms with E-state index < -0.39 is 6.10 Å². The maximum atomic E-state index is 12.2. The second-order valence-corrected chi connectivity index (χ2v) is 5.82. The van der Waals surface area contributed by atoms with Gasteiger partial charge in [0.05, 0.1) is 0 Å². The zero-order valence-corrected chi connectivity index (χ0v) is 14.7. The van der Waals surface area contributed by atoms with Gasteiger partial charge in [0.1, 0.15) is 18.5 Å². The first-order chi connectivity index (χ1) is 11.5. The SMILES string of the molecule is CCN(CC)C(=O)c1ccc(OCC(O)c2cccc(Cl)c2)cc1. The van der Waals surface area contributed by atoms with Crippen molar-refractivity contribution >= 4 is 17.5 Å². The maximum absolute atomic E-state index is 12.2. The van der Waals surface area contributed by atoms with Gasteiger partial charge in [0.15, 0.2) is 0 Å².